The number of fused-ring (bicyclic) bond motifs is 3. The van der Waals surface area contributed by atoms with Crippen LogP contribution in [0.3, 0.4) is 0 Å². The lowest BCUT2D eigenvalue weighted by Crippen LogP contribution is -2.46. The molecule has 0 aromatic heterocycles. The van der Waals surface area contributed by atoms with Crippen molar-refractivity contribution in [3.8, 4) is 5.75 Å². The molecule has 8 nitrogen and oxygen atoms in total. The van der Waals surface area contributed by atoms with E-state index < -0.39 is 22.6 Å². The molecule has 4 atom stereocenters. The van der Waals surface area contributed by atoms with Gasteiger partial charge in [0, 0.05) is 36.2 Å². The molecule has 10 heteroatoms. The molecule has 0 saturated heterocycles. The van der Waals surface area contributed by atoms with E-state index in [0.29, 0.717) is 12.2 Å². The number of benzene rings is 2. The number of carbonyl (C=O) groups excluding carboxylic acids is 1. The minimum absolute atomic E-state index is 0.117. The van der Waals surface area contributed by atoms with E-state index in [1.165, 1.54) is 11.1 Å². The molecule has 2 aliphatic heterocycles. The smallest absolute Gasteiger partial charge is 0.254 e. The van der Waals surface area contributed by atoms with Gasteiger partial charge in [-0.2, -0.15) is 10.6 Å². The molecule has 1 N–H and O–H groups in total. The van der Waals surface area contributed by atoms with Crippen molar-refractivity contribution in [3.05, 3.63) is 70.3 Å². The summed E-state index contributed by atoms with van der Waals surface area (Å²) in [7, 11) is -0.0535. The first-order chi connectivity index (χ1) is 20.3. The average molecular weight is 616 g/mol. The van der Waals surface area contributed by atoms with Gasteiger partial charge in [-0.05, 0) is 79.5 Å². The Morgan fingerprint density at radius 1 is 1.21 bits per heavy atom. The van der Waals surface area contributed by atoms with Crippen LogP contribution in [0.5, 0.6) is 5.75 Å². The average Bonchev–Trinajstić information content (AvgIpc) is 3.12. The summed E-state index contributed by atoms with van der Waals surface area (Å²) in [6.07, 6.45) is 8.01. The van der Waals surface area contributed by atoms with Crippen LogP contribution in [0.2, 0.25) is 5.02 Å². The number of hydrogen-bond acceptors (Lipinski definition) is 8. The van der Waals surface area contributed by atoms with Crippen LogP contribution in [0.15, 0.2) is 52.9 Å². The Morgan fingerprint density at radius 2 is 2.07 bits per heavy atom. The van der Waals surface area contributed by atoms with E-state index in [2.05, 4.69) is 21.4 Å². The van der Waals surface area contributed by atoms with Gasteiger partial charge in [-0.25, -0.2) is 0 Å². The number of aryl methyl sites for hydroxylation is 1. The van der Waals surface area contributed by atoms with Gasteiger partial charge in [0.05, 0.1) is 37.7 Å². The summed E-state index contributed by atoms with van der Waals surface area (Å²) < 4.78 is 35.1. The second kappa shape index (κ2) is 13.9. The summed E-state index contributed by atoms with van der Waals surface area (Å²) in [4.78, 5) is 15.5. The number of amides is 1. The van der Waals surface area contributed by atoms with Crippen LogP contribution in [-0.4, -0.2) is 69.0 Å². The molecule has 1 amide bonds. The van der Waals surface area contributed by atoms with Crippen LogP contribution < -0.4 is 9.64 Å². The highest BCUT2D eigenvalue weighted by molar-refractivity contribution is 7.75. The summed E-state index contributed by atoms with van der Waals surface area (Å²) in [5.74, 6) is 0.161. The standard InChI is InChI=1S/C32H40ClN2O6S/c1-22-19-42(38)34-31(37)24-7-11-30-28(18-24)35(14-4-6-26(39-2)9-12-29(22)40-16-15-36)20-32(21-41-30)13-3-5-23-17-25(33)8-10-27(23)32/h7-12,17-18,22,26,29,36H,3-6,13-16,19-21H2,1-2H3/q-1/b12-9+/t22-,26-,29+,32+/m1/s1. The Bertz CT molecular complexity index is 1390. The Kier molecular flexibility index (Phi) is 10.3. The van der Waals surface area contributed by atoms with E-state index in [1.807, 2.05) is 37.3 Å². The molecule has 2 aromatic rings. The van der Waals surface area contributed by atoms with Gasteiger partial charge in [0.25, 0.3) is 5.91 Å². The van der Waals surface area contributed by atoms with Crippen molar-refractivity contribution in [2.75, 3.05) is 50.7 Å². The molecule has 0 saturated carbocycles. The maximum absolute atomic E-state index is 13.2. The number of nitrogens with zero attached hydrogens (tertiary/aromatic N) is 2. The van der Waals surface area contributed by atoms with Crippen molar-refractivity contribution in [2.45, 2.75) is 56.7 Å². The Balaban J connectivity index is 1.52. The number of halogens is 1. The van der Waals surface area contributed by atoms with E-state index in [-0.39, 0.29) is 36.4 Å². The van der Waals surface area contributed by atoms with Gasteiger partial charge in [0.2, 0.25) is 0 Å². The summed E-state index contributed by atoms with van der Waals surface area (Å²) in [5, 5.41) is 10.0. The lowest BCUT2D eigenvalue weighted by atomic mass is 9.70. The molecule has 2 heterocycles. The fraction of sp³-hybridized carbons (Fsp3) is 0.531. The first kappa shape index (κ1) is 31.0. The maximum Gasteiger partial charge on any atom is 0.254 e. The minimum atomic E-state index is -1.75. The van der Waals surface area contributed by atoms with Crippen molar-refractivity contribution >= 4 is 33.8 Å². The third-order valence-corrected chi connectivity index (χ3v) is 9.99. The zero-order valence-corrected chi connectivity index (χ0v) is 25.9. The first-order valence-electron chi connectivity index (χ1n) is 14.7. The number of aliphatic hydroxyl groups is 1. The van der Waals surface area contributed by atoms with Gasteiger partial charge in [-0.1, -0.05) is 42.5 Å². The normalized spacial score (nSPS) is 28.0. The largest absolute Gasteiger partial charge is 0.490 e. The molecule has 3 aliphatic rings. The predicted molar refractivity (Wildman–Crippen MR) is 165 cm³/mol. The zero-order chi connectivity index (χ0) is 29.7. The highest BCUT2D eigenvalue weighted by Gasteiger charge is 2.41. The molecule has 0 radical (unpaired) electrons. The van der Waals surface area contributed by atoms with Gasteiger partial charge in [0.15, 0.2) is 0 Å². The van der Waals surface area contributed by atoms with Crippen LogP contribution in [0.4, 0.5) is 5.69 Å². The van der Waals surface area contributed by atoms with Crippen LogP contribution in [0.25, 0.3) is 0 Å². The number of anilines is 1. The van der Waals surface area contributed by atoms with Crippen molar-refractivity contribution in [1.82, 2.24) is 0 Å². The Morgan fingerprint density at radius 3 is 2.88 bits per heavy atom. The van der Waals surface area contributed by atoms with Crippen LogP contribution >= 0.6 is 11.6 Å². The molecule has 42 heavy (non-hydrogen) atoms. The number of rotatable bonds is 4. The molecule has 2 aromatic carbocycles. The predicted octanol–water partition coefficient (Wildman–Crippen LogP) is 5.48. The van der Waals surface area contributed by atoms with Crippen molar-refractivity contribution < 1.29 is 28.3 Å². The van der Waals surface area contributed by atoms with Gasteiger partial charge >= 0.3 is 0 Å². The Labute approximate surface area is 255 Å². The van der Waals surface area contributed by atoms with Crippen LogP contribution in [0.1, 0.15) is 54.1 Å². The fourth-order valence-corrected chi connectivity index (χ4v) is 7.59. The summed E-state index contributed by atoms with van der Waals surface area (Å²) in [6.45, 7) is 3.94. The molecule has 0 fully saturated rings. The van der Waals surface area contributed by atoms with E-state index in [4.69, 9.17) is 25.8 Å². The summed E-state index contributed by atoms with van der Waals surface area (Å²) in [6, 6.07) is 11.6. The summed E-state index contributed by atoms with van der Waals surface area (Å²) in [5.41, 5.74) is 3.56. The van der Waals surface area contributed by atoms with Crippen LogP contribution in [-0.2, 0) is 36.1 Å². The number of carbonyl (C=O) groups is 1. The monoisotopic (exact) mass is 615 g/mol. The first-order valence-corrected chi connectivity index (χ1v) is 16.4. The van der Waals surface area contributed by atoms with Crippen molar-refractivity contribution in [1.29, 1.82) is 0 Å². The highest BCUT2D eigenvalue weighted by Crippen LogP contribution is 2.44. The van der Waals surface area contributed by atoms with Gasteiger partial charge in [-0.3, -0.25) is 4.79 Å². The number of ether oxygens (including phenoxy) is 3. The van der Waals surface area contributed by atoms with Crippen LogP contribution in [0, 0.1) is 5.92 Å². The number of aliphatic hydroxyl groups excluding tert-OH is 1. The lowest BCUT2D eigenvalue weighted by Gasteiger charge is -2.41. The molecule has 1 aliphatic carbocycles. The Hall–Kier alpha value is -2.43. The molecular formula is C32H40ClN2O6S-. The topological polar surface area (TPSA) is 97.7 Å². The second-order valence-electron chi connectivity index (χ2n) is 11.6. The van der Waals surface area contributed by atoms with E-state index >= 15 is 0 Å². The number of methoxy groups -OCH3 is 1. The quantitative estimate of drug-likeness (QED) is 0.359. The third-order valence-electron chi connectivity index (χ3n) is 8.57. The van der Waals surface area contributed by atoms with Crippen molar-refractivity contribution in [2.24, 2.45) is 10.3 Å². The SMILES string of the molecule is CO[C@H]1/C=C/[C@H](OCCO)[C@H](C)C[S-](=O)=NC(=O)c2ccc3c(c2)N(CCC1)C[C@@]1(CCCc2cc(Cl)ccc21)CO3. The molecule has 5 rings (SSSR count). The molecule has 0 unspecified atom stereocenters. The molecule has 228 valence electrons. The summed E-state index contributed by atoms with van der Waals surface area (Å²) >= 11 is 6.37. The van der Waals surface area contributed by atoms with E-state index in [0.717, 1.165) is 61.7 Å². The zero-order valence-electron chi connectivity index (χ0n) is 24.3. The van der Waals surface area contributed by atoms with E-state index in [9.17, 15) is 14.1 Å². The molecule has 1 spiro atoms. The lowest BCUT2D eigenvalue weighted by molar-refractivity contribution is 0.0308. The van der Waals surface area contributed by atoms with Gasteiger partial charge < -0.3 is 32.8 Å². The minimum Gasteiger partial charge on any atom is -0.490 e. The second-order valence-corrected chi connectivity index (χ2v) is 13.1. The van der Waals surface area contributed by atoms with Gasteiger partial charge in [-0.15, -0.1) is 0 Å². The molecule has 2 bridgehead atoms. The fourth-order valence-electron chi connectivity index (χ4n) is 6.39. The maximum atomic E-state index is 13.2. The number of hydrogen-bond donors (Lipinski definition) is 1. The van der Waals surface area contributed by atoms with E-state index in [1.54, 1.807) is 13.2 Å². The highest BCUT2D eigenvalue weighted by atomic mass is 35.5. The molecular weight excluding hydrogens is 576 g/mol. The van der Waals surface area contributed by atoms with Crippen molar-refractivity contribution in [3.63, 3.8) is 0 Å². The van der Waals surface area contributed by atoms with Gasteiger partial charge in [0.1, 0.15) is 5.75 Å². The third kappa shape index (κ3) is 7.03.